The van der Waals surface area contributed by atoms with Gasteiger partial charge in [-0.1, -0.05) is 38.5 Å². The molecule has 1 N–H and O–H groups in total. The Morgan fingerprint density at radius 2 is 1.43 bits per heavy atom. The van der Waals surface area contributed by atoms with Gasteiger partial charge in [0.05, 0.1) is 27.8 Å². The highest BCUT2D eigenvalue weighted by molar-refractivity contribution is 6.02. The lowest BCUT2D eigenvalue weighted by Crippen LogP contribution is -2.48. The molecule has 1 saturated carbocycles. The van der Waals surface area contributed by atoms with Crippen molar-refractivity contribution in [2.24, 2.45) is 5.41 Å². The molecule has 4 heteroatoms. The molecule has 1 aromatic heterocycles. The van der Waals surface area contributed by atoms with Gasteiger partial charge in [0, 0.05) is 11.1 Å². The van der Waals surface area contributed by atoms with E-state index in [1.165, 1.54) is 16.7 Å². The van der Waals surface area contributed by atoms with Gasteiger partial charge in [-0.25, -0.2) is 9.97 Å². The molecule has 2 bridgehead atoms. The zero-order valence-electron chi connectivity index (χ0n) is 18.7. The third-order valence-electron chi connectivity index (χ3n) is 8.35. The second-order valence-corrected chi connectivity index (χ2v) is 10.0. The zero-order valence-corrected chi connectivity index (χ0v) is 18.7. The normalized spacial score (nSPS) is 26.1. The zero-order chi connectivity index (χ0) is 21.5. The summed E-state index contributed by atoms with van der Waals surface area (Å²) in [5.41, 5.74) is 6.98. The minimum Gasteiger partial charge on any atom is -0.325 e. The highest BCUT2D eigenvalue weighted by atomic mass is 16.2. The molecular weight excluding hydrogens is 370 g/mol. The summed E-state index contributed by atoms with van der Waals surface area (Å²) in [6.07, 6.45) is 1.74. The van der Waals surface area contributed by atoms with Gasteiger partial charge in [-0.05, 0) is 74.4 Å². The highest BCUT2D eigenvalue weighted by Gasteiger charge is 2.73. The molecule has 3 aromatic rings. The van der Waals surface area contributed by atoms with Gasteiger partial charge in [0.1, 0.15) is 0 Å². The van der Waals surface area contributed by atoms with Gasteiger partial charge >= 0.3 is 0 Å². The predicted octanol–water partition coefficient (Wildman–Crippen LogP) is 5.52. The fourth-order valence-electron chi connectivity index (χ4n) is 5.74. The Balaban J connectivity index is 1.70. The maximum absolute atomic E-state index is 13.9. The van der Waals surface area contributed by atoms with E-state index in [9.17, 15) is 4.79 Å². The van der Waals surface area contributed by atoms with Gasteiger partial charge in [0.2, 0.25) is 5.91 Å². The molecule has 154 valence electrons. The van der Waals surface area contributed by atoms with Gasteiger partial charge in [-0.15, -0.1) is 0 Å². The molecule has 0 spiro atoms. The summed E-state index contributed by atoms with van der Waals surface area (Å²) >= 11 is 0. The van der Waals surface area contributed by atoms with Crippen molar-refractivity contribution in [1.82, 2.24) is 9.97 Å². The Labute approximate surface area is 178 Å². The van der Waals surface area contributed by atoms with Crippen LogP contribution in [-0.2, 0) is 15.6 Å². The standard InChI is InChI=1S/C26H29N3O/c1-15-7-9-18(10-8-15)27-23(30)26-12-11-25(6,24(26,4)5)21-22(26)29-20-14-17(3)16(2)13-19(20)28-21/h7-10,13-14H,11-12H2,1-6H3,(H,27,30). The number of anilines is 1. The Kier molecular flexibility index (Phi) is 3.78. The summed E-state index contributed by atoms with van der Waals surface area (Å²) in [5.74, 6) is 0.0383. The van der Waals surface area contributed by atoms with E-state index in [0.717, 1.165) is 41.0 Å². The van der Waals surface area contributed by atoms with Crippen molar-refractivity contribution in [3.05, 3.63) is 64.5 Å². The highest BCUT2D eigenvalue weighted by Crippen LogP contribution is 2.70. The second-order valence-electron chi connectivity index (χ2n) is 10.0. The average molecular weight is 400 g/mol. The van der Waals surface area contributed by atoms with E-state index in [1.54, 1.807) is 0 Å². The minimum absolute atomic E-state index is 0.0383. The summed E-state index contributed by atoms with van der Waals surface area (Å²) in [7, 11) is 0. The van der Waals surface area contributed by atoms with Crippen LogP contribution >= 0.6 is 0 Å². The number of hydrogen-bond acceptors (Lipinski definition) is 3. The number of nitrogens with one attached hydrogen (secondary N) is 1. The van der Waals surface area contributed by atoms with Crippen LogP contribution < -0.4 is 5.32 Å². The number of fused-ring (bicyclic) bond motifs is 6. The fourth-order valence-corrected chi connectivity index (χ4v) is 5.74. The first-order valence-electron chi connectivity index (χ1n) is 10.8. The smallest absolute Gasteiger partial charge is 0.237 e. The topological polar surface area (TPSA) is 54.9 Å². The van der Waals surface area contributed by atoms with Crippen molar-refractivity contribution in [3.8, 4) is 0 Å². The second kappa shape index (κ2) is 5.90. The van der Waals surface area contributed by atoms with Crippen molar-refractivity contribution in [2.75, 3.05) is 5.32 Å². The van der Waals surface area contributed by atoms with Crippen molar-refractivity contribution >= 4 is 22.6 Å². The number of aryl methyl sites for hydroxylation is 3. The Hall–Kier alpha value is -2.75. The van der Waals surface area contributed by atoms with Crippen LogP contribution in [0.4, 0.5) is 5.69 Å². The largest absolute Gasteiger partial charge is 0.325 e. The summed E-state index contributed by atoms with van der Waals surface area (Å²) in [4.78, 5) is 24.1. The number of amides is 1. The van der Waals surface area contributed by atoms with Crippen molar-refractivity contribution in [2.45, 2.75) is 65.2 Å². The van der Waals surface area contributed by atoms with Crippen LogP contribution in [0.2, 0.25) is 0 Å². The molecule has 0 saturated heterocycles. The van der Waals surface area contributed by atoms with Gasteiger partial charge in [-0.2, -0.15) is 0 Å². The molecule has 1 amide bonds. The molecule has 2 aliphatic carbocycles. The number of aromatic nitrogens is 2. The quantitative estimate of drug-likeness (QED) is 0.617. The van der Waals surface area contributed by atoms with E-state index in [2.05, 4.69) is 52.1 Å². The Bertz CT molecular complexity index is 1210. The fraction of sp³-hybridized carbons (Fsp3) is 0.423. The number of nitrogens with zero attached hydrogens (tertiary/aromatic N) is 2. The molecule has 2 unspecified atom stereocenters. The van der Waals surface area contributed by atoms with Crippen LogP contribution in [0.25, 0.3) is 11.0 Å². The maximum atomic E-state index is 13.9. The van der Waals surface area contributed by atoms with Crippen LogP contribution in [0.15, 0.2) is 36.4 Å². The summed E-state index contributed by atoms with van der Waals surface area (Å²) in [6, 6.07) is 12.2. The molecule has 4 nitrogen and oxygen atoms in total. The first kappa shape index (κ1) is 19.2. The van der Waals surface area contributed by atoms with E-state index in [0.29, 0.717) is 0 Å². The first-order valence-corrected chi connectivity index (χ1v) is 10.8. The van der Waals surface area contributed by atoms with Crippen LogP contribution in [0.3, 0.4) is 0 Å². The monoisotopic (exact) mass is 399 g/mol. The molecular formula is C26H29N3O. The van der Waals surface area contributed by atoms with E-state index >= 15 is 0 Å². The minimum atomic E-state index is -0.679. The van der Waals surface area contributed by atoms with Crippen molar-refractivity contribution in [3.63, 3.8) is 0 Å². The number of hydrogen-bond donors (Lipinski definition) is 1. The summed E-state index contributed by atoms with van der Waals surface area (Å²) in [6.45, 7) is 13.0. The molecule has 0 aliphatic heterocycles. The third-order valence-corrected chi connectivity index (χ3v) is 8.35. The van der Waals surface area contributed by atoms with E-state index in [1.807, 2.05) is 31.2 Å². The van der Waals surface area contributed by atoms with Gasteiger partial charge in [-0.3, -0.25) is 4.79 Å². The van der Waals surface area contributed by atoms with Gasteiger partial charge < -0.3 is 5.32 Å². The molecule has 2 atom stereocenters. The van der Waals surface area contributed by atoms with Crippen LogP contribution in [-0.4, -0.2) is 15.9 Å². The maximum Gasteiger partial charge on any atom is 0.237 e. The third kappa shape index (κ3) is 2.19. The first-order chi connectivity index (χ1) is 14.1. The SMILES string of the molecule is Cc1ccc(NC(=O)C23CCC(C)(c4nc5cc(C)c(C)cc5nc42)C3(C)C)cc1. The van der Waals surface area contributed by atoms with Crippen molar-refractivity contribution in [1.29, 1.82) is 0 Å². The molecule has 2 aliphatic rings. The molecule has 2 aromatic carbocycles. The Morgan fingerprint density at radius 1 is 0.867 bits per heavy atom. The summed E-state index contributed by atoms with van der Waals surface area (Å²) < 4.78 is 0. The van der Waals surface area contributed by atoms with Crippen molar-refractivity contribution < 1.29 is 4.79 Å². The Morgan fingerprint density at radius 3 is 2.03 bits per heavy atom. The van der Waals surface area contributed by atoms with E-state index < -0.39 is 5.41 Å². The van der Waals surface area contributed by atoms with Crippen LogP contribution in [0.1, 0.15) is 61.7 Å². The average Bonchev–Trinajstić information content (AvgIpc) is 2.99. The van der Waals surface area contributed by atoms with Crippen LogP contribution in [0, 0.1) is 26.2 Å². The lowest BCUT2D eigenvalue weighted by molar-refractivity contribution is -0.125. The number of benzene rings is 2. The number of carbonyl (C=O) groups is 1. The van der Waals surface area contributed by atoms with E-state index in [4.69, 9.17) is 9.97 Å². The lowest BCUT2D eigenvalue weighted by atomic mass is 9.63. The van der Waals surface area contributed by atoms with Gasteiger partial charge in [0.15, 0.2) is 0 Å². The molecule has 1 heterocycles. The molecule has 5 rings (SSSR count). The predicted molar refractivity (Wildman–Crippen MR) is 121 cm³/mol. The molecule has 0 radical (unpaired) electrons. The van der Waals surface area contributed by atoms with E-state index in [-0.39, 0.29) is 16.7 Å². The summed E-state index contributed by atoms with van der Waals surface area (Å²) in [5, 5.41) is 3.21. The molecule has 1 fully saturated rings. The number of rotatable bonds is 2. The van der Waals surface area contributed by atoms with Crippen LogP contribution in [0.5, 0.6) is 0 Å². The molecule has 30 heavy (non-hydrogen) atoms. The lowest BCUT2D eigenvalue weighted by Gasteiger charge is -2.39. The number of carbonyl (C=O) groups excluding carboxylic acids is 1. The van der Waals surface area contributed by atoms with Gasteiger partial charge in [0.25, 0.3) is 0 Å².